The standard InChI is InChI=1S/C19H23N2O5/c1-14(11-17(24)21-9-5-6-10-21)19(12-22,13-23)20-18(25)15-7-3-4-8-16(15)26-2/h3-4,7-8,12,14H,5-6,9-11H2,1-2H3,(H,20,25)/t14?,19-/m1/s1. The number of rotatable bonds is 8. The number of hydrogen-bond donors (Lipinski definition) is 1. The van der Waals surface area contributed by atoms with Crippen LogP contribution in [0.5, 0.6) is 5.75 Å². The number of carbonyl (C=O) groups excluding carboxylic acids is 4. The number of para-hydroxylation sites is 1. The Labute approximate surface area is 152 Å². The number of methoxy groups -OCH3 is 1. The van der Waals surface area contributed by atoms with Crippen molar-refractivity contribution in [1.82, 2.24) is 10.2 Å². The normalized spacial score (nSPS) is 15.2. The Bertz CT molecular complexity index is 674. The highest BCUT2D eigenvalue weighted by Crippen LogP contribution is 2.23. The molecular formula is C19H23N2O5. The lowest BCUT2D eigenvalue weighted by Gasteiger charge is -2.30. The van der Waals surface area contributed by atoms with E-state index < -0.39 is 17.4 Å². The summed E-state index contributed by atoms with van der Waals surface area (Å²) in [4.78, 5) is 49.9. The van der Waals surface area contributed by atoms with Crippen LogP contribution in [0.4, 0.5) is 0 Å². The van der Waals surface area contributed by atoms with Crippen molar-refractivity contribution in [2.45, 2.75) is 31.7 Å². The molecule has 2 atom stereocenters. The van der Waals surface area contributed by atoms with Gasteiger partial charge in [-0.05, 0) is 25.0 Å². The SMILES string of the molecule is COc1ccccc1C(=O)N[C@@]([C]=O)(C=O)C(C)CC(=O)N1CCCC1. The summed E-state index contributed by atoms with van der Waals surface area (Å²) in [6.07, 6.45) is 3.85. The molecule has 26 heavy (non-hydrogen) atoms. The smallest absolute Gasteiger partial charge is 0.256 e. The molecular weight excluding hydrogens is 336 g/mol. The number of amides is 2. The van der Waals surface area contributed by atoms with Gasteiger partial charge in [0.1, 0.15) is 5.75 Å². The van der Waals surface area contributed by atoms with E-state index in [-0.39, 0.29) is 17.9 Å². The quantitative estimate of drug-likeness (QED) is 0.555. The van der Waals surface area contributed by atoms with Gasteiger partial charge >= 0.3 is 0 Å². The second-order valence-electron chi connectivity index (χ2n) is 6.44. The minimum atomic E-state index is -1.90. The molecule has 7 heteroatoms. The van der Waals surface area contributed by atoms with E-state index in [4.69, 9.17) is 4.74 Å². The van der Waals surface area contributed by atoms with Gasteiger partial charge in [-0.1, -0.05) is 19.1 Å². The van der Waals surface area contributed by atoms with E-state index in [9.17, 15) is 19.2 Å². The van der Waals surface area contributed by atoms with Gasteiger partial charge in [0.05, 0.1) is 12.7 Å². The number of likely N-dealkylation sites (tertiary alicyclic amines) is 1. The average molecular weight is 359 g/mol. The zero-order valence-electron chi connectivity index (χ0n) is 15.0. The minimum Gasteiger partial charge on any atom is -0.496 e. The van der Waals surface area contributed by atoms with Crippen LogP contribution >= 0.6 is 0 Å². The number of nitrogens with zero attached hydrogens (tertiary/aromatic N) is 1. The van der Waals surface area contributed by atoms with Crippen LogP contribution in [0.2, 0.25) is 0 Å². The molecule has 2 rings (SSSR count). The highest BCUT2D eigenvalue weighted by atomic mass is 16.5. The van der Waals surface area contributed by atoms with Crippen LogP contribution in [0.1, 0.15) is 36.5 Å². The van der Waals surface area contributed by atoms with Crippen molar-refractivity contribution in [3.63, 3.8) is 0 Å². The van der Waals surface area contributed by atoms with Crippen molar-refractivity contribution < 1.29 is 23.9 Å². The van der Waals surface area contributed by atoms with Crippen molar-refractivity contribution in [1.29, 1.82) is 0 Å². The van der Waals surface area contributed by atoms with Crippen molar-refractivity contribution in [2.24, 2.45) is 5.92 Å². The van der Waals surface area contributed by atoms with E-state index in [1.54, 1.807) is 36.3 Å². The highest BCUT2D eigenvalue weighted by molar-refractivity contribution is 6.03. The maximum Gasteiger partial charge on any atom is 0.256 e. The molecule has 1 N–H and O–H groups in total. The summed E-state index contributed by atoms with van der Waals surface area (Å²) in [5, 5.41) is 2.44. The molecule has 1 aliphatic rings. The monoisotopic (exact) mass is 359 g/mol. The Morgan fingerprint density at radius 2 is 2.00 bits per heavy atom. The van der Waals surface area contributed by atoms with Crippen LogP contribution in [-0.2, 0) is 14.4 Å². The van der Waals surface area contributed by atoms with Gasteiger partial charge in [0.15, 0.2) is 11.8 Å². The fraction of sp³-hybridized carbons (Fsp3) is 0.474. The van der Waals surface area contributed by atoms with Gasteiger partial charge < -0.3 is 19.7 Å². The topological polar surface area (TPSA) is 92.8 Å². The summed E-state index contributed by atoms with van der Waals surface area (Å²) >= 11 is 0. The molecule has 0 aromatic heterocycles. The van der Waals surface area contributed by atoms with Gasteiger partial charge in [-0.15, -0.1) is 0 Å². The van der Waals surface area contributed by atoms with Crippen LogP contribution in [0.3, 0.4) is 0 Å². The molecule has 0 spiro atoms. The molecule has 1 unspecified atom stereocenters. The molecule has 0 aliphatic carbocycles. The number of benzene rings is 1. The molecule has 139 valence electrons. The fourth-order valence-corrected chi connectivity index (χ4v) is 3.02. The lowest BCUT2D eigenvalue weighted by Crippen LogP contribution is -2.56. The Balaban J connectivity index is 2.17. The van der Waals surface area contributed by atoms with Crippen molar-refractivity contribution in [2.75, 3.05) is 20.2 Å². The van der Waals surface area contributed by atoms with Crippen LogP contribution in [0.25, 0.3) is 0 Å². The van der Waals surface area contributed by atoms with E-state index in [0.29, 0.717) is 25.1 Å². The number of hydrogen-bond acceptors (Lipinski definition) is 5. The predicted molar refractivity (Wildman–Crippen MR) is 94.5 cm³/mol. The maximum absolute atomic E-state index is 12.6. The third-order valence-electron chi connectivity index (χ3n) is 4.74. The van der Waals surface area contributed by atoms with Gasteiger partial charge in [-0.25, -0.2) is 0 Å². The molecule has 1 aliphatic heterocycles. The third kappa shape index (κ3) is 4.09. The van der Waals surface area contributed by atoms with Crippen LogP contribution < -0.4 is 10.1 Å². The predicted octanol–water partition coefficient (Wildman–Crippen LogP) is 1.12. The largest absolute Gasteiger partial charge is 0.496 e. The Morgan fingerprint density at radius 3 is 2.58 bits per heavy atom. The minimum absolute atomic E-state index is 0.0276. The summed E-state index contributed by atoms with van der Waals surface area (Å²) in [5.41, 5.74) is -1.71. The molecule has 1 aromatic rings. The van der Waals surface area contributed by atoms with Gasteiger partial charge in [0.25, 0.3) is 5.91 Å². The van der Waals surface area contributed by atoms with Gasteiger partial charge in [-0.3, -0.25) is 14.4 Å². The lowest BCUT2D eigenvalue weighted by molar-refractivity contribution is -0.131. The molecule has 0 bridgehead atoms. The molecule has 1 fully saturated rings. The fourth-order valence-electron chi connectivity index (χ4n) is 3.02. The van der Waals surface area contributed by atoms with Crippen molar-refractivity contribution in [3.05, 3.63) is 29.8 Å². The molecule has 1 radical (unpaired) electrons. The number of aldehydes is 1. The van der Waals surface area contributed by atoms with E-state index in [1.807, 2.05) is 0 Å². The lowest BCUT2D eigenvalue weighted by atomic mass is 9.84. The molecule has 1 saturated heterocycles. The molecule has 1 heterocycles. The zero-order valence-corrected chi connectivity index (χ0v) is 15.0. The van der Waals surface area contributed by atoms with E-state index in [0.717, 1.165) is 12.8 Å². The third-order valence-corrected chi connectivity index (χ3v) is 4.74. The number of nitrogens with one attached hydrogen (secondary N) is 1. The molecule has 7 nitrogen and oxygen atoms in total. The number of carbonyl (C=O) groups is 3. The van der Waals surface area contributed by atoms with Gasteiger partial charge in [0, 0.05) is 25.4 Å². The first-order valence-corrected chi connectivity index (χ1v) is 8.56. The molecule has 2 amide bonds. The number of ether oxygens (including phenoxy) is 1. The summed E-state index contributed by atoms with van der Waals surface area (Å²) in [5.74, 6) is -1.19. The summed E-state index contributed by atoms with van der Waals surface area (Å²) in [6, 6.07) is 6.47. The first-order valence-electron chi connectivity index (χ1n) is 8.56. The Morgan fingerprint density at radius 1 is 1.35 bits per heavy atom. The Kier molecular flexibility index (Phi) is 6.49. The van der Waals surface area contributed by atoms with E-state index in [1.165, 1.54) is 13.2 Å². The average Bonchev–Trinajstić information content (AvgIpc) is 3.20. The summed E-state index contributed by atoms with van der Waals surface area (Å²) in [7, 11) is 1.42. The van der Waals surface area contributed by atoms with Gasteiger partial charge in [0.2, 0.25) is 12.2 Å². The van der Waals surface area contributed by atoms with Crippen molar-refractivity contribution >= 4 is 24.4 Å². The van der Waals surface area contributed by atoms with E-state index in [2.05, 4.69) is 5.32 Å². The first kappa shape index (κ1) is 19.6. The molecule has 1 aromatic carbocycles. The second-order valence-corrected chi connectivity index (χ2v) is 6.44. The van der Waals surface area contributed by atoms with E-state index >= 15 is 0 Å². The zero-order chi connectivity index (χ0) is 19.2. The summed E-state index contributed by atoms with van der Waals surface area (Å²) < 4.78 is 5.13. The van der Waals surface area contributed by atoms with Crippen LogP contribution in [-0.4, -0.2) is 55.0 Å². The molecule has 0 saturated carbocycles. The van der Waals surface area contributed by atoms with Gasteiger partial charge in [-0.2, -0.15) is 0 Å². The van der Waals surface area contributed by atoms with Crippen LogP contribution in [0, 0.1) is 5.92 Å². The Hall–Kier alpha value is -2.70. The van der Waals surface area contributed by atoms with Crippen LogP contribution in [0.15, 0.2) is 24.3 Å². The first-order chi connectivity index (χ1) is 12.5. The van der Waals surface area contributed by atoms with Crippen molar-refractivity contribution in [3.8, 4) is 5.75 Å². The second kappa shape index (κ2) is 8.60. The summed E-state index contributed by atoms with van der Waals surface area (Å²) in [6.45, 7) is 2.94. The highest BCUT2D eigenvalue weighted by Gasteiger charge is 2.41. The maximum atomic E-state index is 12.6.